The van der Waals surface area contributed by atoms with Gasteiger partial charge in [-0.3, -0.25) is 4.90 Å². The number of rotatable bonds is 4. The maximum Gasteiger partial charge on any atom is 0.126 e. The van der Waals surface area contributed by atoms with Gasteiger partial charge in [0.2, 0.25) is 0 Å². The molecule has 1 atom stereocenters. The van der Waals surface area contributed by atoms with Crippen molar-refractivity contribution in [3.63, 3.8) is 0 Å². The number of methoxy groups -OCH3 is 1. The van der Waals surface area contributed by atoms with Crippen molar-refractivity contribution in [3.05, 3.63) is 54.1 Å². The van der Waals surface area contributed by atoms with Crippen LogP contribution in [-0.2, 0) is 6.54 Å². The van der Waals surface area contributed by atoms with E-state index in [1.165, 1.54) is 30.6 Å². The largest absolute Gasteiger partial charge is 0.496 e. The van der Waals surface area contributed by atoms with Crippen molar-refractivity contribution in [1.82, 2.24) is 4.90 Å². The maximum absolute atomic E-state index is 5.44. The van der Waals surface area contributed by atoms with E-state index in [9.17, 15) is 0 Å². The zero-order valence-corrected chi connectivity index (χ0v) is 12.9. The molecule has 0 bridgehead atoms. The van der Waals surface area contributed by atoms with Crippen molar-refractivity contribution in [2.75, 3.05) is 20.2 Å². The minimum atomic E-state index is 0.845. The number of hydrogen-bond donors (Lipinski definition) is 0. The van der Waals surface area contributed by atoms with Crippen LogP contribution in [0.1, 0.15) is 18.9 Å². The van der Waals surface area contributed by atoms with E-state index >= 15 is 0 Å². The van der Waals surface area contributed by atoms with Crippen LogP contribution in [0.5, 0.6) is 5.75 Å². The second-order valence-electron chi connectivity index (χ2n) is 6.03. The van der Waals surface area contributed by atoms with Crippen LogP contribution < -0.4 is 4.74 Å². The number of likely N-dealkylation sites (tertiary alicyclic amines) is 1. The van der Waals surface area contributed by atoms with Crippen LogP contribution >= 0.6 is 0 Å². The summed E-state index contributed by atoms with van der Waals surface area (Å²) >= 11 is 0. The summed E-state index contributed by atoms with van der Waals surface area (Å²) in [5.74, 6) is 1.77. The van der Waals surface area contributed by atoms with E-state index in [-0.39, 0.29) is 0 Å². The van der Waals surface area contributed by atoms with Gasteiger partial charge >= 0.3 is 0 Å². The summed E-state index contributed by atoms with van der Waals surface area (Å²) in [6.07, 6.45) is 1.33. The third kappa shape index (κ3) is 3.27. The molecule has 0 spiro atoms. The number of benzene rings is 2. The molecule has 2 nitrogen and oxygen atoms in total. The lowest BCUT2D eigenvalue weighted by atomic mass is 10.0. The van der Waals surface area contributed by atoms with Crippen LogP contribution in [0.25, 0.3) is 11.1 Å². The first kappa shape index (κ1) is 14.2. The molecule has 2 aromatic carbocycles. The number of hydrogen-bond acceptors (Lipinski definition) is 2. The number of ether oxygens (including phenoxy) is 1. The van der Waals surface area contributed by atoms with E-state index in [2.05, 4.69) is 48.2 Å². The molecule has 21 heavy (non-hydrogen) atoms. The van der Waals surface area contributed by atoms with Gasteiger partial charge in [-0.25, -0.2) is 0 Å². The standard InChI is InChI=1S/C19H23NO/c1-15-11-12-20(13-15)14-16-7-9-17(10-8-16)18-5-3-4-6-19(18)21-2/h3-10,15H,11-14H2,1-2H3. The lowest BCUT2D eigenvalue weighted by Crippen LogP contribution is -2.19. The molecule has 0 aliphatic carbocycles. The Morgan fingerprint density at radius 1 is 1.10 bits per heavy atom. The maximum atomic E-state index is 5.44. The molecular weight excluding hydrogens is 258 g/mol. The summed E-state index contributed by atoms with van der Waals surface area (Å²) in [5.41, 5.74) is 3.76. The van der Waals surface area contributed by atoms with Gasteiger partial charge in [0, 0.05) is 18.7 Å². The summed E-state index contributed by atoms with van der Waals surface area (Å²) in [4.78, 5) is 2.54. The van der Waals surface area contributed by atoms with Crippen LogP contribution in [0, 0.1) is 5.92 Å². The summed E-state index contributed by atoms with van der Waals surface area (Å²) in [6, 6.07) is 17.1. The zero-order chi connectivity index (χ0) is 14.7. The number of nitrogens with zero attached hydrogens (tertiary/aromatic N) is 1. The topological polar surface area (TPSA) is 12.5 Å². The molecular formula is C19H23NO. The Labute approximate surface area is 127 Å². The van der Waals surface area contributed by atoms with Crippen molar-refractivity contribution in [1.29, 1.82) is 0 Å². The van der Waals surface area contributed by atoms with Crippen LogP contribution in [0.4, 0.5) is 0 Å². The second-order valence-corrected chi connectivity index (χ2v) is 6.03. The average Bonchev–Trinajstić information content (AvgIpc) is 2.93. The Bertz CT molecular complexity index is 591. The van der Waals surface area contributed by atoms with Crippen LogP contribution in [0.2, 0.25) is 0 Å². The minimum Gasteiger partial charge on any atom is -0.496 e. The molecule has 110 valence electrons. The summed E-state index contributed by atoms with van der Waals surface area (Å²) in [5, 5.41) is 0. The highest BCUT2D eigenvalue weighted by molar-refractivity contribution is 5.70. The summed E-state index contributed by atoms with van der Waals surface area (Å²) in [7, 11) is 1.72. The van der Waals surface area contributed by atoms with Gasteiger partial charge < -0.3 is 4.74 Å². The Kier molecular flexibility index (Phi) is 4.26. The molecule has 0 aromatic heterocycles. The van der Waals surface area contributed by atoms with Crippen LogP contribution in [-0.4, -0.2) is 25.1 Å². The first-order valence-corrected chi connectivity index (χ1v) is 7.71. The lowest BCUT2D eigenvalue weighted by molar-refractivity contribution is 0.320. The molecule has 1 aliphatic heterocycles. The van der Waals surface area contributed by atoms with Gasteiger partial charge in [-0.05, 0) is 36.1 Å². The molecule has 1 saturated heterocycles. The van der Waals surface area contributed by atoms with Gasteiger partial charge in [0.1, 0.15) is 5.75 Å². The Hall–Kier alpha value is -1.80. The Balaban J connectivity index is 1.74. The molecule has 1 unspecified atom stereocenters. The molecule has 0 amide bonds. The SMILES string of the molecule is COc1ccccc1-c1ccc(CN2CCC(C)C2)cc1. The molecule has 1 heterocycles. The van der Waals surface area contributed by atoms with Crippen molar-refractivity contribution < 1.29 is 4.74 Å². The molecule has 0 N–H and O–H groups in total. The Morgan fingerprint density at radius 3 is 2.52 bits per heavy atom. The fourth-order valence-electron chi connectivity index (χ4n) is 3.10. The van der Waals surface area contributed by atoms with Gasteiger partial charge in [-0.1, -0.05) is 49.4 Å². The lowest BCUT2D eigenvalue weighted by Gasteiger charge is -2.15. The fraction of sp³-hybridized carbons (Fsp3) is 0.368. The van der Waals surface area contributed by atoms with E-state index < -0.39 is 0 Å². The normalized spacial score (nSPS) is 18.9. The van der Waals surface area contributed by atoms with Crippen molar-refractivity contribution in [2.24, 2.45) is 5.92 Å². The van der Waals surface area contributed by atoms with E-state index in [0.29, 0.717) is 0 Å². The third-order valence-electron chi connectivity index (χ3n) is 4.29. The van der Waals surface area contributed by atoms with Crippen molar-refractivity contribution in [2.45, 2.75) is 19.9 Å². The highest BCUT2D eigenvalue weighted by atomic mass is 16.5. The average molecular weight is 281 g/mol. The summed E-state index contributed by atoms with van der Waals surface area (Å²) < 4.78 is 5.44. The Morgan fingerprint density at radius 2 is 1.86 bits per heavy atom. The highest BCUT2D eigenvalue weighted by Crippen LogP contribution is 2.29. The van der Waals surface area contributed by atoms with Crippen molar-refractivity contribution in [3.8, 4) is 16.9 Å². The first-order chi connectivity index (χ1) is 10.3. The molecule has 2 aromatic rings. The number of para-hydroxylation sites is 1. The molecule has 1 fully saturated rings. The van der Waals surface area contributed by atoms with E-state index in [4.69, 9.17) is 4.74 Å². The van der Waals surface area contributed by atoms with Gasteiger partial charge in [-0.15, -0.1) is 0 Å². The monoisotopic (exact) mass is 281 g/mol. The fourth-order valence-corrected chi connectivity index (χ4v) is 3.10. The van der Waals surface area contributed by atoms with Gasteiger partial charge in [0.25, 0.3) is 0 Å². The summed E-state index contributed by atoms with van der Waals surface area (Å²) in [6.45, 7) is 5.87. The zero-order valence-electron chi connectivity index (χ0n) is 12.9. The predicted octanol–water partition coefficient (Wildman–Crippen LogP) is 4.20. The molecule has 0 radical (unpaired) electrons. The first-order valence-electron chi connectivity index (χ1n) is 7.71. The second kappa shape index (κ2) is 6.31. The minimum absolute atomic E-state index is 0.845. The van der Waals surface area contributed by atoms with E-state index in [1.54, 1.807) is 7.11 Å². The molecule has 0 saturated carbocycles. The van der Waals surface area contributed by atoms with Crippen LogP contribution in [0.15, 0.2) is 48.5 Å². The molecule has 1 aliphatic rings. The van der Waals surface area contributed by atoms with E-state index in [1.807, 2.05) is 12.1 Å². The van der Waals surface area contributed by atoms with Gasteiger partial charge in [-0.2, -0.15) is 0 Å². The van der Waals surface area contributed by atoms with Gasteiger partial charge in [0.15, 0.2) is 0 Å². The van der Waals surface area contributed by atoms with Crippen molar-refractivity contribution >= 4 is 0 Å². The molecule has 2 heteroatoms. The van der Waals surface area contributed by atoms with Gasteiger partial charge in [0.05, 0.1) is 7.11 Å². The third-order valence-corrected chi connectivity index (χ3v) is 4.29. The quantitative estimate of drug-likeness (QED) is 0.832. The predicted molar refractivity (Wildman–Crippen MR) is 87.5 cm³/mol. The van der Waals surface area contributed by atoms with E-state index in [0.717, 1.165) is 23.8 Å². The smallest absolute Gasteiger partial charge is 0.126 e. The molecule has 3 rings (SSSR count). The van der Waals surface area contributed by atoms with Crippen LogP contribution in [0.3, 0.4) is 0 Å². The highest BCUT2D eigenvalue weighted by Gasteiger charge is 2.18.